The maximum atomic E-state index is 6.33. The molecule has 0 bridgehead atoms. The normalized spacial score (nSPS) is 14.5. The van der Waals surface area contributed by atoms with Crippen LogP contribution in [0.5, 0.6) is 0 Å². The molecule has 0 N–H and O–H groups in total. The van der Waals surface area contributed by atoms with Gasteiger partial charge in [-0.3, -0.25) is 0 Å². The second-order valence-electron chi connectivity index (χ2n) is 7.92. The van der Waals surface area contributed by atoms with Crippen LogP contribution in [-0.2, 0) is 0 Å². The molecule has 3 heterocycles. The number of nitrogens with zero attached hydrogens (tertiary/aromatic N) is 4. The highest BCUT2D eigenvalue weighted by Gasteiger charge is 2.24. The first kappa shape index (κ1) is 20.6. The van der Waals surface area contributed by atoms with Gasteiger partial charge >= 0.3 is 0 Å². The number of hydrogen-bond acceptors (Lipinski definition) is 5. The maximum Gasteiger partial charge on any atom is 0.225 e. The molecular formula is C24H22Cl2N4S. The first-order valence-electron chi connectivity index (χ1n) is 10.3. The van der Waals surface area contributed by atoms with Gasteiger partial charge in [-0.2, -0.15) is 4.98 Å². The van der Waals surface area contributed by atoms with Gasteiger partial charge in [-0.05, 0) is 54.8 Å². The Morgan fingerprint density at radius 1 is 0.871 bits per heavy atom. The van der Waals surface area contributed by atoms with Crippen LogP contribution in [-0.4, -0.2) is 36.1 Å². The monoisotopic (exact) mass is 468 g/mol. The summed E-state index contributed by atoms with van der Waals surface area (Å²) in [5, 5.41) is 4.34. The molecule has 0 unspecified atom stereocenters. The van der Waals surface area contributed by atoms with E-state index in [4.69, 9.17) is 23.2 Å². The number of thiophene rings is 1. The molecule has 0 atom stereocenters. The van der Waals surface area contributed by atoms with Crippen LogP contribution >= 0.6 is 34.5 Å². The fraction of sp³-hybridized carbons (Fsp3) is 0.250. The smallest absolute Gasteiger partial charge is 0.225 e. The molecule has 1 fully saturated rings. The van der Waals surface area contributed by atoms with Crippen LogP contribution in [0.1, 0.15) is 11.1 Å². The van der Waals surface area contributed by atoms with E-state index < -0.39 is 0 Å². The fourth-order valence-electron chi connectivity index (χ4n) is 4.29. The van der Waals surface area contributed by atoms with E-state index >= 15 is 0 Å². The zero-order chi connectivity index (χ0) is 21.5. The molecule has 1 saturated heterocycles. The minimum absolute atomic E-state index is 0.300. The van der Waals surface area contributed by atoms with Gasteiger partial charge in [-0.15, -0.1) is 11.3 Å². The third kappa shape index (κ3) is 3.98. The van der Waals surface area contributed by atoms with Crippen molar-refractivity contribution in [3.8, 4) is 11.1 Å². The van der Waals surface area contributed by atoms with Gasteiger partial charge in [0.2, 0.25) is 5.28 Å². The summed E-state index contributed by atoms with van der Waals surface area (Å²) in [7, 11) is 0. The van der Waals surface area contributed by atoms with Crippen molar-refractivity contribution >= 4 is 56.3 Å². The molecule has 0 saturated carbocycles. The van der Waals surface area contributed by atoms with E-state index in [2.05, 4.69) is 63.3 Å². The summed E-state index contributed by atoms with van der Waals surface area (Å²) in [5.41, 5.74) is 6.08. The number of fused-ring (bicyclic) bond motifs is 1. The van der Waals surface area contributed by atoms with Crippen LogP contribution in [0.3, 0.4) is 0 Å². The van der Waals surface area contributed by atoms with Gasteiger partial charge in [0.25, 0.3) is 0 Å². The number of benzene rings is 2. The molecule has 158 valence electrons. The average molecular weight is 469 g/mol. The predicted octanol–water partition coefficient (Wildman–Crippen LogP) is 6.61. The minimum Gasteiger partial charge on any atom is -0.368 e. The number of hydrogen-bond donors (Lipinski definition) is 0. The standard InChI is InChI=1S/C24H22Cl2N4S/c1-15-6-7-19(16(2)12-15)20-14-31-23-21(20)22(27-24(26)28-23)30-10-8-29(9-11-30)18-5-3-4-17(25)13-18/h3-7,12-14H,8-11H2,1-2H3. The van der Waals surface area contributed by atoms with Gasteiger partial charge in [0.1, 0.15) is 10.6 Å². The first-order chi connectivity index (χ1) is 15.0. The zero-order valence-corrected chi connectivity index (χ0v) is 19.7. The Bertz CT molecular complexity index is 1260. The van der Waals surface area contributed by atoms with Crippen molar-refractivity contribution in [2.45, 2.75) is 13.8 Å². The topological polar surface area (TPSA) is 32.3 Å². The molecule has 31 heavy (non-hydrogen) atoms. The van der Waals surface area contributed by atoms with Crippen LogP contribution in [0, 0.1) is 13.8 Å². The molecule has 5 rings (SSSR count). The largest absolute Gasteiger partial charge is 0.368 e. The second-order valence-corrected chi connectivity index (χ2v) is 9.55. The highest BCUT2D eigenvalue weighted by Crippen LogP contribution is 2.40. The van der Waals surface area contributed by atoms with E-state index in [1.165, 1.54) is 22.3 Å². The number of anilines is 2. The number of halogens is 2. The Kier molecular flexibility index (Phi) is 5.51. The second kappa shape index (κ2) is 8.30. The van der Waals surface area contributed by atoms with Crippen molar-refractivity contribution in [2.24, 2.45) is 0 Å². The van der Waals surface area contributed by atoms with Gasteiger partial charge in [0, 0.05) is 47.8 Å². The molecule has 7 heteroatoms. The van der Waals surface area contributed by atoms with E-state index in [1.54, 1.807) is 11.3 Å². The van der Waals surface area contributed by atoms with Crippen molar-refractivity contribution in [3.05, 3.63) is 69.3 Å². The maximum absolute atomic E-state index is 6.33. The molecule has 0 aliphatic carbocycles. The van der Waals surface area contributed by atoms with Gasteiger partial charge in [-0.25, -0.2) is 4.98 Å². The van der Waals surface area contributed by atoms with E-state index in [0.29, 0.717) is 5.28 Å². The lowest BCUT2D eigenvalue weighted by Crippen LogP contribution is -2.47. The molecule has 0 amide bonds. The lowest BCUT2D eigenvalue weighted by Gasteiger charge is -2.37. The zero-order valence-electron chi connectivity index (χ0n) is 17.4. The number of piperazine rings is 1. The summed E-state index contributed by atoms with van der Waals surface area (Å²) < 4.78 is 0. The van der Waals surface area contributed by atoms with Crippen LogP contribution in [0.15, 0.2) is 47.8 Å². The predicted molar refractivity (Wildman–Crippen MR) is 133 cm³/mol. The Labute approximate surface area is 196 Å². The minimum atomic E-state index is 0.300. The van der Waals surface area contributed by atoms with Gasteiger partial charge < -0.3 is 9.80 Å². The lowest BCUT2D eigenvalue weighted by atomic mass is 9.99. The third-order valence-corrected chi connectivity index (χ3v) is 7.09. The van der Waals surface area contributed by atoms with Crippen LogP contribution in [0.25, 0.3) is 21.3 Å². The number of aryl methyl sites for hydroxylation is 2. The summed E-state index contributed by atoms with van der Waals surface area (Å²) in [6.45, 7) is 7.79. The molecule has 0 spiro atoms. The molecule has 2 aromatic heterocycles. The molecule has 1 aliphatic heterocycles. The van der Waals surface area contributed by atoms with E-state index in [-0.39, 0.29) is 0 Å². The molecule has 2 aromatic carbocycles. The molecule has 0 radical (unpaired) electrons. The summed E-state index contributed by atoms with van der Waals surface area (Å²) in [6.07, 6.45) is 0. The van der Waals surface area contributed by atoms with Crippen molar-refractivity contribution in [1.82, 2.24) is 9.97 Å². The molecular weight excluding hydrogens is 447 g/mol. The Balaban J connectivity index is 1.51. The summed E-state index contributed by atoms with van der Waals surface area (Å²) in [5.74, 6) is 0.928. The summed E-state index contributed by atoms with van der Waals surface area (Å²) >= 11 is 14.1. The highest BCUT2D eigenvalue weighted by molar-refractivity contribution is 7.17. The number of rotatable bonds is 3. The lowest BCUT2D eigenvalue weighted by molar-refractivity contribution is 0.649. The van der Waals surface area contributed by atoms with Crippen molar-refractivity contribution in [1.29, 1.82) is 0 Å². The number of aromatic nitrogens is 2. The Morgan fingerprint density at radius 3 is 2.39 bits per heavy atom. The van der Waals surface area contributed by atoms with E-state index in [0.717, 1.165) is 52.9 Å². The van der Waals surface area contributed by atoms with Crippen LogP contribution < -0.4 is 9.80 Å². The quantitative estimate of drug-likeness (QED) is 0.316. The van der Waals surface area contributed by atoms with Gasteiger partial charge in [-0.1, -0.05) is 41.4 Å². The van der Waals surface area contributed by atoms with Gasteiger partial charge in [0.15, 0.2) is 0 Å². The van der Waals surface area contributed by atoms with Crippen molar-refractivity contribution in [2.75, 3.05) is 36.0 Å². The van der Waals surface area contributed by atoms with Crippen molar-refractivity contribution < 1.29 is 0 Å². The van der Waals surface area contributed by atoms with Gasteiger partial charge in [0.05, 0.1) is 5.39 Å². The third-order valence-electron chi connectivity index (χ3n) is 5.81. The SMILES string of the molecule is Cc1ccc(-c2csc3nc(Cl)nc(N4CCN(c5cccc(Cl)c5)CC4)c23)c(C)c1. The van der Waals surface area contributed by atoms with E-state index in [9.17, 15) is 0 Å². The molecule has 4 aromatic rings. The highest BCUT2D eigenvalue weighted by atomic mass is 35.5. The van der Waals surface area contributed by atoms with Crippen LogP contribution in [0.4, 0.5) is 11.5 Å². The summed E-state index contributed by atoms with van der Waals surface area (Å²) in [6, 6.07) is 14.6. The Morgan fingerprint density at radius 2 is 1.65 bits per heavy atom. The summed E-state index contributed by atoms with van der Waals surface area (Å²) in [4.78, 5) is 14.8. The average Bonchev–Trinajstić information content (AvgIpc) is 3.17. The van der Waals surface area contributed by atoms with Crippen LogP contribution in [0.2, 0.25) is 10.3 Å². The molecule has 4 nitrogen and oxygen atoms in total. The molecule has 1 aliphatic rings. The van der Waals surface area contributed by atoms with E-state index in [1.807, 2.05) is 18.2 Å². The Hall–Kier alpha value is -2.34. The van der Waals surface area contributed by atoms with Crippen molar-refractivity contribution in [3.63, 3.8) is 0 Å². The first-order valence-corrected chi connectivity index (χ1v) is 11.9. The fourth-order valence-corrected chi connectivity index (χ4v) is 5.62.